The molecule has 0 unspecified atom stereocenters. The Kier molecular flexibility index (Phi) is 79.0. The summed E-state index contributed by atoms with van der Waals surface area (Å²) in [5.74, 6) is 0. The van der Waals surface area contributed by atoms with Gasteiger partial charge in [-0.05, 0) is 0 Å². The maximum absolute atomic E-state index is 2.01. The number of hydrogen-bond donors (Lipinski definition) is 0. The van der Waals surface area contributed by atoms with E-state index in [9.17, 15) is 0 Å². The fourth-order valence-electron chi connectivity index (χ4n) is 0. The molecule has 0 aromatic heterocycles. The standard InChI is InChI=1S/BH2.Mg.Mo.Zn.2H/h1H2;;;;;/q+1;;-1;;;. The van der Waals surface area contributed by atoms with Crippen molar-refractivity contribution in [2.24, 2.45) is 0 Å². The topological polar surface area (TPSA) is 0 Å². The largest absolute Gasteiger partial charge is 0.316 e. The summed E-state index contributed by atoms with van der Waals surface area (Å²) in [6, 6.07) is 0. The molecule has 0 saturated heterocycles. The molecule has 0 aliphatic rings. The molecule has 0 amide bonds. The molecule has 0 fully saturated rings. The molecule has 0 aromatic rings. The van der Waals surface area contributed by atoms with Crippen LogP contribution >= 0.6 is 0 Å². The van der Waals surface area contributed by atoms with Crippen molar-refractivity contribution >= 4 is 29.2 Å². The van der Waals surface area contributed by atoms with Gasteiger partial charge in [-0.1, -0.05) is 0 Å². The molecule has 4 heavy (non-hydrogen) atoms. The summed E-state index contributed by atoms with van der Waals surface area (Å²) in [6.07, 6.45) is 2.01. The van der Waals surface area contributed by atoms with Crippen LogP contribution < -0.4 is 0 Å². The fourth-order valence-corrected chi connectivity index (χ4v) is 0. The summed E-state index contributed by atoms with van der Waals surface area (Å²) in [6.45, 7) is 0. The normalized spacial score (nSPS) is 1.00. The Hall–Kier alpha value is 2.14. The molecule has 0 saturated carbocycles. The molecular weight excluding hydrogens is 196 g/mol. The zero-order valence-corrected chi connectivity index (χ0v) is 7.09. The molecule has 0 aliphatic heterocycles. The van der Waals surface area contributed by atoms with E-state index in [1.54, 1.807) is 0 Å². The van der Waals surface area contributed by atoms with Crippen molar-refractivity contribution in [3.05, 3.63) is 0 Å². The van der Waals surface area contributed by atoms with Crippen LogP contribution in [0.4, 0.5) is 0 Å². The van der Waals surface area contributed by atoms with Crippen LogP contribution in [-0.4, -0.2) is 29.2 Å². The van der Waals surface area contributed by atoms with Gasteiger partial charge in [-0.25, -0.2) is 0 Å². The molecule has 0 spiro atoms. The Morgan fingerprint density at radius 2 is 1.25 bits per heavy atom. The summed E-state index contributed by atoms with van der Waals surface area (Å²) in [5.41, 5.74) is 0. The molecule has 0 aliphatic carbocycles. The van der Waals surface area contributed by atoms with Crippen molar-refractivity contribution in [3.8, 4) is 0 Å². The van der Waals surface area contributed by atoms with E-state index in [-0.39, 0.29) is 42.5 Å². The van der Waals surface area contributed by atoms with Gasteiger partial charge < -0.3 is 0 Å². The van der Waals surface area contributed by atoms with Crippen LogP contribution in [-0.2, 0) is 39.1 Å². The third kappa shape index (κ3) is 8.91. The minimum Gasteiger partial charge on any atom is 0 e. The number of hydrogen-bond acceptors (Lipinski definition) is 0. The third-order valence-corrected chi connectivity index (χ3v) is 0. The second-order valence-corrected chi connectivity index (χ2v) is 0. The molecule has 4 heteroatoms. The monoisotopic (exact) mass is 201 g/mol. The van der Waals surface area contributed by atoms with E-state index < -0.39 is 0 Å². The predicted octanol–water partition coefficient (Wildman–Crippen LogP) is -1.84. The molecule has 0 nitrogen and oxygen atoms in total. The molecule has 17 valence electrons. The smallest absolute Gasteiger partial charge is 0 e. The van der Waals surface area contributed by atoms with Crippen molar-refractivity contribution in [2.75, 3.05) is 0 Å². The van der Waals surface area contributed by atoms with Crippen molar-refractivity contribution in [2.45, 2.75) is 0 Å². The van der Waals surface area contributed by atoms with E-state index in [0.717, 1.165) is 0 Å². The first-order valence-corrected chi connectivity index (χ1v) is 2.42. The van der Waals surface area contributed by atoms with E-state index in [4.69, 9.17) is 0 Å². The minimum atomic E-state index is 0. The van der Waals surface area contributed by atoms with Crippen LogP contribution in [0.1, 0.15) is 0 Å². The first-order chi connectivity index (χ1) is 1.00. The molecule has 0 bridgehead atoms. The molecular formula is H4BMgMoZn. The van der Waals surface area contributed by atoms with Gasteiger partial charge in [0.2, 0.25) is 0 Å². The quantitative estimate of drug-likeness (QED) is 0.403. The van der Waals surface area contributed by atoms with Crippen LogP contribution in [0, 0.1) is 0 Å². The maximum Gasteiger partial charge on any atom is 0.316 e. The van der Waals surface area contributed by atoms with Gasteiger partial charge in [0, 0.05) is 19.5 Å². The SMILES string of the molecule is [BH2][Mo].[MgH2].[Zn]. The molecule has 0 aromatic carbocycles. The van der Waals surface area contributed by atoms with Gasteiger partial charge in [0.1, 0.15) is 0 Å². The van der Waals surface area contributed by atoms with Crippen LogP contribution in [0.25, 0.3) is 0 Å². The first-order valence-electron chi connectivity index (χ1n) is 0.408. The summed E-state index contributed by atoms with van der Waals surface area (Å²) < 4.78 is 0. The van der Waals surface area contributed by atoms with Crippen molar-refractivity contribution in [3.63, 3.8) is 0 Å². The fraction of sp³-hybridized carbons (Fsp3) is 0. The Morgan fingerprint density at radius 1 is 1.25 bits per heavy atom. The van der Waals surface area contributed by atoms with Gasteiger partial charge in [0.05, 0.1) is 0 Å². The van der Waals surface area contributed by atoms with Crippen LogP contribution in [0.2, 0.25) is 0 Å². The first kappa shape index (κ1) is 16.4. The van der Waals surface area contributed by atoms with Crippen LogP contribution in [0.3, 0.4) is 0 Å². The Bertz CT molecular complexity index is 8.00. The molecule has 0 atom stereocenters. The molecule has 0 radical (unpaired) electrons. The van der Waals surface area contributed by atoms with E-state index in [1.165, 1.54) is 0 Å². The Balaban J connectivity index is -0.00000000500. The van der Waals surface area contributed by atoms with Gasteiger partial charge >= 0.3 is 48.8 Å². The van der Waals surface area contributed by atoms with E-state index >= 15 is 0 Å². The van der Waals surface area contributed by atoms with Crippen molar-refractivity contribution in [1.29, 1.82) is 0 Å². The molecule has 0 heterocycles. The average molecular weight is 200 g/mol. The summed E-state index contributed by atoms with van der Waals surface area (Å²) >= 11 is 1.95. The Morgan fingerprint density at radius 3 is 1.25 bits per heavy atom. The maximum atomic E-state index is 2.01. The average Bonchev–Trinajstić information content (AvgIpc) is 1.00. The summed E-state index contributed by atoms with van der Waals surface area (Å²) in [7, 11) is 0. The summed E-state index contributed by atoms with van der Waals surface area (Å²) in [5, 5.41) is 0. The predicted molar refractivity (Wildman–Crippen MR) is 17.1 cm³/mol. The summed E-state index contributed by atoms with van der Waals surface area (Å²) in [4.78, 5) is 0. The van der Waals surface area contributed by atoms with Gasteiger partial charge in [-0.3, -0.25) is 0 Å². The van der Waals surface area contributed by atoms with E-state index in [2.05, 4.69) is 0 Å². The van der Waals surface area contributed by atoms with E-state index in [1.807, 2.05) is 25.7 Å². The zero-order chi connectivity index (χ0) is 2.00. The van der Waals surface area contributed by atoms with Crippen molar-refractivity contribution < 1.29 is 39.1 Å². The van der Waals surface area contributed by atoms with Gasteiger partial charge in [-0.15, -0.1) is 0 Å². The van der Waals surface area contributed by atoms with E-state index in [0.29, 0.717) is 0 Å². The molecule has 0 rings (SSSR count). The van der Waals surface area contributed by atoms with Gasteiger partial charge in [0.25, 0.3) is 0 Å². The second-order valence-electron chi connectivity index (χ2n) is 0. The van der Waals surface area contributed by atoms with Crippen LogP contribution in [0.15, 0.2) is 0 Å². The Labute approximate surface area is 67.5 Å². The van der Waals surface area contributed by atoms with Crippen molar-refractivity contribution in [1.82, 2.24) is 0 Å². The van der Waals surface area contributed by atoms with Gasteiger partial charge in [-0.2, -0.15) is 0 Å². The zero-order valence-electron chi connectivity index (χ0n) is 2.12. The minimum absolute atomic E-state index is 0. The number of rotatable bonds is 0. The second kappa shape index (κ2) is 19.2. The van der Waals surface area contributed by atoms with Crippen LogP contribution in [0.5, 0.6) is 0 Å². The third-order valence-electron chi connectivity index (χ3n) is 0. The van der Waals surface area contributed by atoms with Gasteiger partial charge in [0.15, 0.2) is 0 Å². The molecule has 0 N–H and O–H groups in total.